The summed E-state index contributed by atoms with van der Waals surface area (Å²) in [5.41, 5.74) is 1.46. The lowest BCUT2D eigenvalue weighted by Crippen LogP contribution is -2.23. The maximum Gasteiger partial charge on any atom is 0.253 e. The van der Waals surface area contributed by atoms with Gasteiger partial charge in [0.1, 0.15) is 5.82 Å². The van der Waals surface area contributed by atoms with Gasteiger partial charge < -0.3 is 10.6 Å². The number of hydrogen-bond acceptors (Lipinski definition) is 3. The molecule has 0 aliphatic carbocycles. The Bertz CT molecular complexity index is 587. The molecule has 0 fully saturated rings. The minimum absolute atomic E-state index is 0.208. The molecule has 0 spiro atoms. The van der Waals surface area contributed by atoms with Crippen molar-refractivity contribution in [2.75, 3.05) is 11.9 Å². The van der Waals surface area contributed by atoms with Crippen molar-refractivity contribution in [2.24, 2.45) is 0 Å². The van der Waals surface area contributed by atoms with Crippen molar-refractivity contribution < 1.29 is 4.79 Å². The maximum atomic E-state index is 12.1. The van der Waals surface area contributed by atoms with E-state index in [1.54, 1.807) is 6.07 Å². The van der Waals surface area contributed by atoms with Crippen LogP contribution in [0, 0.1) is 0 Å². The quantitative estimate of drug-likeness (QED) is 0.889. The second-order valence-corrected chi connectivity index (χ2v) is 4.66. The topological polar surface area (TPSA) is 54.0 Å². The third kappa shape index (κ3) is 3.71. The van der Waals surface area contributed by atoms with E-state index >= 15 is 0 Å². The van der Waals surface area contributed by atoms with Crippen LogP contribution in [0.3, 0.4) is 0 Å². The first-order valence-corrected chi connectivity index (χ1v) is 6.80. The summed E-state index contributed by atoms with van der Waals surface area (Å²) in [6, 6.07) is 11.4. The third-order valence-electron chi connectivity index (χ3n) is 2.75. The van der Waals surface area contributed by atoms with Gasteiger partial charge in [-0.3, -0.25) is 4.79 Å². The number of amides is 1. The first kappa shape index (κ1) is 14.3. The normalized spacial score (nSPS) is 10.1. The number of pyridine rings is 1. The number of carbonyl (C=O) groups excluding carboxylic acids is 1. The van der Waals surface area contributed by atoms with Crippen molar-refractivity contribution in [3.8, 4) is 0 Å². The van der Waals surface area contributed by atoms with E-state index in [1.807, 2.05) is 37.3 Å². The zero-order valence-corrected chi connectivity index (χ0v) is 11.9. The summed E-state index contributed by atoms with van der Waals surface area (Å²) in [7, 11) is 0. The fourth-order valence-corrected chi connectivity index (χ4v) is 1.95. The molecule has 104 valence electrons. The molecule has 2 rings (SSSR count). The van der Waals surface area contributed by atoms with Crippen molar-refractivity contribution in [1.82, 2.24) is 10.3 Å². The van der Waals surface area contributed by atoms with Crippen LogP contribution in [0.1, 0.15) is 22.8 Å². The monoisotopic (exact) mass is 289 g/mol. The Hall–Kier alpha value is -2.07. The van der Waals surface area contributed by atoms with E-state index in [2.05, 4.69) is 15.6 Å². The summed E-state index contributed by atoms with van der Waals surface area (Å²) in [4.78, 5) is 16.3. The number of aromatic nitrogens is 1. The average molecular weight is 290 g/mol. The Balaban J connectivity index is 2.06. The van der Waals surface area contributed by atoms with Crippen LogP contribution < -0.4 is 10.6 Å². The zero-order chi connectivity index (χ0) is 14.4. The average Bonchev–Trinajstić information content (AvgIpc) is 2.48. The van der Waals surface area contributed by atoms with E-state index in [9.17, 15) is 4.79 Å². The zero-order valence-electron chi connectivity index (χ0n) is 11.2. The van der Waals surface area contributed by atoms with Crippen LogP contribution in [-0.4, -0.2) is 17.4 Å². The molecule has 0 radical (unpaired) electrons. The number of benzene rings is 1. The lowest BCUT2D eigenvalue weighted by Gasteiger charge is -2.09. The summed E-state index contributed by atoms with van der Waals surface area (Å²) < 4.78 is 0. The fraction of sp³-hybridized carbons (Fsp3) is 0.200. The van der Waals surface area contributed by atoms with Gasteiger partial charge in [0.05, 0.1) is 10.6 Å². The molecule has 5 heteroatoms. The molecule has 0 saturated heterocycles. The largest absolute Gasteiger partial charge is 0.370 e. The van der Waals surface area contributed by atoms with E-state index in [0.717, 1.165) is 12.1 Å². The number of carbonyl (C=O) groups is 1. The summed E-state index contributed by atoms with van der Waals surface area (Å²) in [5, 5.41) is 6.25. The summed E-state index contributed by atoms with van der Waals surface area (Å²) in [5.74, 6) is 0.433. The molecular formula is C15H16ClN3O. The molecule has 4 nitrogen and oxygen atoms in total. The van der Waals surface area contributed by atoms with Gasteiger partial charge in [0.15, 0.2) is 0 Å². The second kappa shape index (κ2) is 6.91. The number of rotatable bonds is 5. The Morgan fingerprint density at radius 2 is 2.05 bits per heavy atom. The van der Waals surface area contributed by atoms with Crippen molar-refractivity contribution in [2.45, 2.75) is 13.5 Å². The van der Waals surface area contributed by atoms with Gasteiger partial charge in [0.25, 0.3) is 5.91 Å². The molecule has 0 saturated carbocycles. The molecule has 1 amide bonds. The summed E-state index contributed by atoms with van der Waals surface area (Å²) in [6.07, 6.45) is 1.48. The third-order valence-corrected chi connectivity index (χ3v) is 3.05. The smallest absolute Gasteiger partial charge is 0.253 e. The molecule has 0 aliphatic rings. The van der Waals surface area contributed by atoms with Gasteiger partial charge in [-0.05, 0) is 18.6 Å². The Labute approximate surface area is 123 Å². The van der Waals surface area contributed by atoms with Crippen molar-refractivity contribution >= 4 is 23.3 Å². The van der Waals surface area contributed by atoms with E-state index in [4.69, 9.17) is 11.6 Å². The molecule has 2 N–H and O–H groups in total. The number of nitrogens with one attached hydrogen (secondary N) is 2. The van der Waals surface area contributed by atoms with Gasteiger partial charge in [-0.25, -0.2) is 4.98 Å². The Kier molecular flexibility index (Phi) is 4.96. The molecule has 0 atom stereocenters. The molecular weight excluding hydrogens is 274 g/mol. The van der Waals surface area contributed by atoms with Crippen LogP contribution in [0.5, 0.6) is 0 Å². The van der Waals surface area contributed by atoms with Crippen LogP contribution in [0.15, 0.2) is 42.6 Å². The highest BCUT2D eigenvalue weighted by Gasteiger charge is 2.11. The lowest BCUT2D eigenvalue weighted by molar-refractivity contribution is 0.0951. The summed E-state index contributed by atoms with van der Waals surface area (Å²) >= 11 is 6.02. The number of anilines is 1. The number of nitrogens with zero attached hydrogens (tertiary/aromatic N) is 1. The Morgan fingerprint density at radius 3 is 2.75 bits per heavy atom. The molecule has 0 unspecified atom stereocenters. The number of hydrogen-bond donors (Lipinski definition) is 2. The van der Waals surface area contributed by atoms with Gasteiger partial charge >= 0.3 is 0 Å². The van der Waals surface area contributed by atoms with Crippen LogP contribution in [0.2, 0.25) is 5.02 Å². The highest BCUT2D eigenvalue weighted by atomic mass is 35.5. The van der Waals surface area contributed by atoms with Gasteiger partial charge in [-0.1, -0.05) is 41.9 Å². The first-order valence-electron chi connectivity index (χ1n) is 6.42. The van der Waals surface area contributed by atoms with Crippen molar-refractivity contribution in [3.63, 3.8) is 0 Å². The lowest BCUT2D eigenvalue weighted by atomic mass is 10.2. The van der Waals surface area contributed by atoms with Crippen LogP contribution in [0.4, 0.5) is 5.82 Å². The van der Waals surface area contributed by atoms with Crippen molar-refractivity contribution in [3.05, 3.63) is 58.7 Å². The van der Waals surface area contributed by atoms with E-state index < -0.39 is 0 Å². The number of halogens is 1. The maximum absolute atomic E-state index is 12.1. The molecule has 1 heterocycles. The minimum atomic E-state index is -0.208. The standard InChI is InChI=1S/C15H16ClN3O/c1-2-17-14-8-12(13(16)10-18-14)15(20)19-9-11-6-4-3-5-7-11/h3-8,10H,2,9H2,1H3,(H,17,18)(H,19,20). The molecule has 1 aromatic carbocycles. The van der Waals surface area contributed by atoms with Crippen LogP contribution in [0.25, 0.3) is 0 Å². The molecule has 20 heavy (non-hydrogen) atoms. The van der Waals surface area contributed by atoms with Gasteiger partial charge in [-0.15, -0.1) is 0 Å². The van der Waals surface area contributed by atoms with Gasteiger partial charge in [0, 0.05) is 19.3 Å². The van der Waals surface area contributed by atoms with E-state index in [1.165, 1.54) is 6.20 Å². The predicted molar refractivity (Wildman–Crippen MR) is 81.0 cm³/mol. The van der Waals surface area contributed by atoms with Crippen LogP contribution in [-0.2, 0) is 6.54 Å². The molecule has 0 aliphatic heterocycles. The first-order chi connectivity index (χ1) is 9.70. The SMILES string of the molecule is CCNc1cc(C(=O)NCc2ccccc2)c(Cl)cn1. The predicted octanol–water partition coefficient (Wildman–Crippen LogP) is 3.10. The van der Waals surface area contributed by atoms with Gasteiger partial charge in [0.2, 0.25) is 0 Å². The van der Waals surface area contributed by atoms with Crippen molar-refractivity contribution in [1.29, 1.82) is 0 Å². The second-order valence-electron chi connectivity index (χ2n) is 4.25. The van der Waals surface area contributed by atoms with Crippen LogP contribution >= 0.6 is 11.6 Å². The fourth-order valence-electron chi connectivity index (χ4n) is 1.76. The summed E-state index contributed by atoms with van der Waals surface area (Å²) in [6.45, 7) is 3.17. The van der Waals surface area contributed by atoms with E-state index in [-0.39, 0.29) is 5.91 Å². The van der Waals surface area contributed by atoms with E-state index in [0.29, 0.717) is 22.9 Å². The minimum Gasteiger partial charge on any atom is -0.370 e. The van der Waals surface area contributed by atoms with Gasteiger partial charge in [-0.2, -0.15) is 0 Å². The highest BCUT2D eigenvalue weighted by molar-refractivity contribution is 6.33. The highest BCUT2D eigenvalue weighted by Crippen LogP contribution is 2.18. The molecule has 2 aromatic rings. The molecule has 1 aromatic heterocycles. The molecule has 0 bridgehead atoms. The Morgan fingerprint density at radius 1 is 1.30 bits per heavy atom.